The second kappa shape index (κ2) is 8.32. The van der Waals surface area contributed by atoms with Gasteiger partial charge in [0.2, 0.25) is 5.91 Å². The van der Waals surface area contributed by atoms with E-state index >= 15 is 0 Å². The van der Waals surface area contributed by atoms with Gasteiger partial charge in [0.1, 0.15) is 0 Å². The highest BCUT2D eigenvalue weighted by atomic mass is 16.2. The minimum Gasteiger partial charge on any atom is -0.354 e. The first-order valence-corrected chi connectivity index (χ1v) is 9.84. The predicted octanol–water partition coefficient (Wildman–Crippen LogP) is 2.01. The lowest BCUT2D eigenvalue weighted by atomic mass is 10.00. The maximum Gasteiger partial charge on any atom is 0.273 e. The molecule has 1 aromatic heterocycles. The molecule has 0 saturated carbocycles. The summed E-state index contributed by atoms with van der Waals surface area (Å²) in [4.78, 5) is 49.3. The van der Waals surface area contributed by atoms with Gasteiger partial charge in [0.25, 0.3) is 11.1 Å². The number of amides is 1. The number of Topliss-reactive ketones (excluding diaryl/α,β-unsaturated/α-hetero) is 1. The molecule has 4 rings (SSSR count). The number of allylic oxidation sites excluding steroid dienone is 1. The van der Waals surface area contributed by atoms with E-state index in [2.05, 4.69) is 10.4 Å². The summed E-state index contributed by atoms with van der Waals surface area (Å²) in [6, 6.07) is 16.2. The molecule has 0 spiro atoms. The maximum atomic E-state index is 12.5. The van der Waals surface area contributed by atoms with Gasteiger partial charge in [-0.3, -0.25) is 24.3 Å². The number of nitrogens with one attached hydrogen (secondary N) is 2. The van der Waals surface area contributed by atoms with Crippen molar-refractivity contribution in [3.63, 3.8) is 0 Å². The van der Waals surface area contributed by atoms with Crippen LogP contribution in [0, 0.1) is 0 Å². The number of H-pyrrole nitrogens is 1. The highest BCUT2D eigenvalue weighted by Crippen LogP contribution is 2.33. The predicted molar refractivity (Wildman–Crippen MR) is 114 cm³/mol. The molecule has 7 heteroatoms. The van der Waals surface area contributed by atoms with Crippen LogP contribution in [0.25, 0.3) is 16.3 Å². The molecular weight excluding hydrogens is 382 g/mol. The van der Waals surface area contributed by atoms with Crippen LogP contribution in [-0.2, 0) is 16.1 Å². The van der Waals surface area contributed by atoms with Crippen LogP contribution in [0.15, 0.2) is 69.8 Å². The molecule has 0 aliphatic heterocycles. The summed E-state index contributed by atoms with van der Waals surface area (Å²) in [5.74, 6) is -0.288. The Bertz CT molecular complexity index is 1270. The molecule has 0 fully saturated rings. The lowest BCUT2D eigenvalue weighted by molar-refractivity contribution is -0.122. The van der Waals surface area contributed by atoms with Crippen molar-refractivity contribution < 1.29 is 9.59 Å². The molecule has 0 atom stereocenters. The van der Waals surface area contributed by atoms with Crippen molar-refractivity contribution in [2.24, 2.45) is 0 Å². The third-order valence-electron chi connectivity index (χ3n) is 5.30. The van der Waals surface area contributed by atoms with Gasteiger partial charge >= 0.3 is 0 Å². The fourth-order valence-electron chi connectivity index (χ4n) is 3.81. The average Bonchev–Trinajstić information content (AvgIpc) is 3.12. The highest BCUT2D eigenvalue weighted by molar-refractivity contribution is 6.10. The van der Waals surface area contributed by atoms with E-state index in [9.17, 15) is 19.2 Å². The Labute approximate surface area is 172 Å². The molecule has 1 aliphatic carbocycles. The van der Waals surface area contributed by atoms with Gasteiger partial charge in [0.15, 0.2) is 5.78 Å². The van der Waals surface area contributed by atoms with Gasteiger partial charge in [-0.05, 0) is 29.7 Å². The van der Waals surface area contributed by atoms with Crippen LogP contribution in [0.3, 0.4) is 0 Å². The molecule has 1 heterocycles. The smallest absolute Gasteiger partial charge is 0.273 e. The van der Waals surface area contributed by atoms with E-state index in [-0.39, 0.29) is 42.3 Å². The molecule has 30 heavy (non-hydrogen) atoms. The Balaban J connectivity index is 1.44. The van der Waals surface area contributed by atoms with E-state index in [1.807, 2.05) is 30.3 Å². The molecule has 2 N–H and O–H groups in total. The first-order chi connectivity index (χ1) is 14.5. The van der Waals surface area contributed by atoms with Crippen LogP contribution in [0.5, 0.6) is 0 Å². The Morgan fingerprint density at radius 3 is 2.40 bits per heavy atom. The first kappa shape index (κ1) is 19.6. The molecule has 7 nitrogen and oxygen atoms in total. The zero-order valence-corrected chi connectivity index (χ0v) is 16.3. The number of carbonyl (C=O) groups is 2. The second-order valence-corrected chi connectivity index (χ2v) is 7.22. The monoisotopic (exact) mass is 403 g/mol. The van der Waals surface area contributed by atoms with Crippen LogP contribution in [0.4, 0.5) is 0 Å². The molecular formula is C23H21N3O4. The Kier molecular flexibility index (Phi) is 5.43. The number of fused-ring (bicyclic) bond motifs is 1. The van der Waals surface area contributed by atoms with Gasteiger partial charge in [-0.25, -0.2) is 4.68 Å². The molecule has 152 valence electrons. The van der Waals surface area contributed by atoms with Crippen LogP contribution in [0.1, 0.15) is 24.8 Å². The van der Waals surface area contributed by atoms with Crippen LogP contribution in [-0.4, -0.2) is 28.0 Å². The van der Waals surface area contributed by atoms with E-state index in [0.29, 0.717) is 29.2 Å². The highest BCUT2D eigenvalue weighted by Gasteiger charge is 2.25. The summed E-state index contributed by atoms with van der Waals surface area (Å²) in [6.45, 7) is 0.290. The molecule has 2 aromatic carbocycles. The van der Waals surface area contributed by atoms with Crippen LogP contribution in [0.2, 0.25) is 0 Å². The molecule has 0 radical (unpaired) electrons. The number of hydrogen-bond donors (Lipinski definition) is 2. The SMILES string of the molecule is O=C(CC1=C(c2ccccc2)CCC1=O)NCCn1[nH]c(=O)c2ccccc2c1=O. The van der Waals surface area contributed by atoms with Crippen molar-refractivity contribution in [3.05, 3.63) is 86.4 Å². The van der Waals surface area contributed by atoms with Crippen molar-refractivity contribution in [2.45, 2.75) is 25.8 Å². The summed E-state index contributed by atoms with van der Waals surface area (Å²) < 4.78 is 1.19. The number of nitrogens with zero attached hydrogens (tertiary/aromatic N) is 1. The van der Waals surface area contributed by atoms with Crippen molar-refractivity contribution in [1.82, 2.24) is 15.1 Å². The number of rotatable bonds is 6. The summed E-state index contributed by atoms with van der Waals surface area (Å²) in [5, 5.41) is 5.94. The minimum atomic E-state index is -0.356. The van der Waals surface area contributed by atoms with E-state index in [1.54, 1.807) is 24.3 Å². The quantitative estimate of drug-likeness (QED) is 0.657. The average molecular weight is 403 g/mol. The summed E-state index contributed by atoms with van der Waals surface area (Å²) in [5.41, 5.74) is 1.76. The van der Waals surface area contributed by atoms with E-state index in [1.165, 1.54) is 4.68 Å². The Hall–Kier alpha value is -3.74. The van der Waals surface area contributed by atoms with Crippen molar-refractivity contribution >= 4 is 28.0 Å². The summed E-state index contributed by atoms with van der Waals surface area (Å²) >= 11 is 0. The number of carbonyl (C=O) groups excluding carboxylic acids is 2. The Morgan fingerprint density at radius 2 is 1.63 bits per heavy atom. The molecule has 1 aliphatic rings. The Morgan fingerprint density at radius 1 is 0.933 bits per heavy atom. The first-order valence-electron chi connectivity index (χ1n) is 9.84. The largest absolute Gasteiger partial charge is 0.354 e. The van der Waals surface area contributed by atoms with Gasteiger partial charge in [-0.1, -0.05) is 42.5 Å². The van der Waals surface area contributed by atoms with Gasteiger partial charge < -0.3 is 5.32 Å². The van der Waals surface area contributed by atoms with E-state index < -0.39 is 0 Å². The topological polar surface area (TPSA) is 101 Å². The van der Waals surface area contributed by atoms with Crippen molar-refractivity contribution in [2.75, 3.05) is 6.54 Å². The van der Waals surface area contributed by atoms with Crippen LogP contribution >= 0.6 is 0 Å². The second-order valence-electron chi connectivity index (χ2n) is 7.22. The number of aromatic amines is 1. The van der Waals surface area contributed by atoms with Crippen molar-refractivity contribution in [1.29, 1.82) is 0 Å². The van der Waals surface area contributed by atoms with E-state index in [0.717, 1.165) is 11.1 Å². The number of hydrogen-bond acceptors (Lipinski definition) is 4. The van der Waals surface area contributed by atoms with Gasteiger partial charge in [0.05, 0.1) is 23.7 Å². The normalized spacial score (nSPS) is 13.8. The number of ketones is 1. The standard InChI is InChI=1S/C23H21N3O4/c27-20-11-10-16(15-6-2-1-3-7-15)19(20)14-21(28)24-12-13-26-23(30)18-9-5-4-8-17(18)22(29)25-26/h1-9H,10-14H2,(H,24,28)(H,25,29). The van der Waals surface area contributed by atoms with Gasteiger partial charge in [0, 0.05) is 18.5 Å². The zero-order chi connectivity index (χ0) is 21.1. The molecule has 0 unspecified atom stereocenters. The zero-order valence-electron chi connectivity index (χ0n) is 16.3. The third kappa shape index (κ3) is 3.87. The minimum absolute atomic E-state index is 0.000850. The van der Waals surface area contributed by atoms with Crippen molar-refractivity contribution in [3.8, 4) is 0 Å². The third-order valence-corrected chi connectivity index (χ3v) is 5.30. The summed E-state index contributed by atoms with van der Waals surface area (Å²) in [7, 11) is 0. The number of benzene rings is 2. The number of aromatic nitrogens is 2. The van der Waals surface area contributed by atoms with Crippen LogP contribution < -0.4 is 16.4 Å². The lowest BCUT2D eigenvalue weighted by Gasteiger charge is -2.10. The fraction of sp³-hybridized carbons (Fsp3) is 0.217. The molecule has 0 saturated heterocycles. The lowest BCUT2D eigenvalue weighted by Crippen LogP contribution is -2.35. The summed E-state index contributed by atoms with van der Waals surface area (Å²) in [6.07, 6.45) is 1.06. The molecule has 3 aromatic rings. The van der Waals surface area contributed by atoms with E-state index in [4.69, 9.17) is 0 Å². The van der Waals surface area contributed by atoms with Gasteiger partial charge in [-0.2, -0.15) is 0 Å². The molecule has 1 amide bonds. The molecule has 0 bridgehead atoms. The van der Waals surface area contributed by atoms with Gasteiger partial charge in [-0.15, -0.1) is 0 Å². The fourth-order valence-corrected chi connectivity index (χ4v) is 3.81. The maximum absolute atomic E-state index is 12.5.